The number of carbonyl (C=O) groups excluding carboxylic acids is 1. The molecule has 0 aromatic carbocycles. The van der Waals surface area contributed by atoms with Crippen molar-refractivity contribution in [1.82, 2.24) is 5.32 Å². The zero-order chi connectivity index (χ0) is 12.2. The second-order valence-electron chi connectivity index (χ2n) is 4.46. The van der Waals surface area contributed by atoms with Gasteiger partial charge in [-0.1, -0.05) is 0 Å². The van der Waals surface area contributed by atoms with Crippen molar-refractivity contribution in [2.24, 2.45) is 5.73 Å². The summed E-state index contributed by atoms with van der Waals surface area (Å²) in [7, 11) is 0. The van der Waals surface area contributed by atoms with Gasteiger partial charge in [0.15, 0.2) is 0 Å². The van der Waals surface area contributed by atoms with Gasteiger partial charge in [-0.25, -0.2) is 0 Å². The number of halogens is 1. The van der Waals surface area contributed by atoms with E-state index in [2.05, 4.69) is 21.2 Å². The highest BCUT2D eigenvalue weighted by Gasteiger charge is 2.13. The molecule has 0 aliphatic carbocycles. The van der Waals surface area contributed by atoms with Gasteiger partial charge in [-0.2, -0.15) is 0 Å². The highest BCUT2D eigenvalue weighted by Crippen LogP contribution is 2.22. The predicted octanol–water partition coefficient (Wildman–Crippen LogP) is 2.64. The molecule has 5 heteroatoms. The first-order valence-corrected chi connectivity index (χ1v) is 6.83. The third kappa shape index (κ3) is 5.09. The Morgan fingerprint density at radius 1 is 1.62 bits per heavy atom. The number of nitrogens with two attached hydrogens (primary N) is 1. The Morgan fingerprint density at radius 2 is 2.31 bits per heavy atom. The first-order valence-electron chi connectivity index (χ1n) is 5.16. The summed E-state index contributed by atoms with van der Waals surface area (Å²) >= 11 is 5.06. The summed E-state index contributed by atoms with van der Waals surface area (Å²) in [6.45, 7) is 4.44. The molecule has 1 rings (SSSR count). The molecule has 0 saturated heterocycles. The number of thiophene rings is 1. The number of hydrogen-bond acceptors (Lipinski definition) is 3. The van der Waals surface area contributed by atoms with Crippen LogP contribution < -0.4 is 11.1 Å². The zero-order valence-corrected chi connectivity index (χ0v) is 12.0. The van der Waals surface area contributed by atoms with Gasteiger partial charge in [0.2, 0.25) is 5.91 Å². The van der Waals surface area contributed by atoms with Crippen molar-refractivity contribution < 1.29 is 4.79 Å². The van der Waals surface area contributed by atoms with Gasteiger partial charge < -0.3 is 11.1 Å². The van der Waals surface area contributed by atoms with Crippen LogP contribution in [-0.2, 0) is 11.3 Å². The van der Waals surface area contributed by atoms with Gasteiger partial charge in [-0.15, -0.1) is 11.3 Å². The molecule has 16 heavy (non-hydrogen) atoms. The van der Waals surface area contributed by atoms with Crippen LogP contribution in [0.5, 0.6) is 0 Å². The number of amides is 1. The molecule has 1 aromatic rings. The van der Waals surface area contributed by atoms with Crippen LogP contribution in [0, 0.1) is 0 Å². The molecule has 1 aromatic heterocycles. The minimum Gasteiger partial charge on any atom is -0.351 e. The Hall–Kier alpha value is -0.390. The largest absolute Gasteiger partial charge is 0.351 e. The lowest BCUT2D eigenvalue weighted by Crippen LogP contribution is -2.34. The van der Waals surface area contributed by atoms with Gasteiger partial charge in [-0.3, -0.25) is 4.79 Å². The van der Waals surface area contributed by atoms with Gasteiger partial charge in [0.25, 0.3) is 0 Å². The SMILES string of the molecule is CC(C)(N)CCC(=O)NCc1sccc1Br. The third-order valence-corrected chi connectivity index (χ3v) is 4.06. The molecule has 0 aliphatic heterocycles. The van der Waals surface area contributed by atoms with E-state index in [0.29, 0.717) is 19.4 Å². The van der Waals surface area contributed by atoms with E-state index in [-0.39, 0.29) is 11.4 Å². The quantitative estimate of drug-likeness (QED) is 0.878. The van der Waals surface area contributed by atoms with Crippen LogP contribution in [0.1, 0.15) is 31.6 Å². The maximum atomic E-state index is 11.5. The second-order valence-corrected chi connectivity index (χ2v) is 6.31. The molecule has 0 radical (unpaired) electrons. The minimum atomic E-state index is -0.277. The smallest absolute Gasteiger partial charge is 0.220 e. The van der Waals surface area contributed by atoms with Gasteiger partial charge in [0, 0.05) is 21.3 Å². The molecule has 0 spiro atoms. The van der Waals surface area contributed by atoms with Crippen molar-refractivity contribution in [3.8, 4) is 0 Å². The summed E-state index contributed by atoms with van der Waals surface area (Å²) in [5.74, 6) is 0.0545. The highest BCUT2D eigenvalue weighted by atomic mass is 79.9. The fourth-order valence-corrected chi connectivity index (χ4v) is 2.59. The summed E-state index contributed by atoms with van der Waals surface area (Å²) < 4.78 is 1.05. The van der Waals surface area contributed by atoms with E-state index in [4.69, 9.17) is 5.73 Å². The average molecular weight is 305 g/mol. The fourth-order valence-electron chi connectivity index (χ4n) is 1.15. The highest BCUT2D eigenvalue weighted by molar-refractivity contribution is 9.10. The number of rotatable bonds is 5. The van der Waals surface area contributed by atoms with Crippen LogP contribution in [0.2, 0.25) is 0 Å². The van der Waals surface area contributed by atoms with E-state index in [0.717, 1.165) is 9.35 Å². The number of carbonyl (C=O) groups is 1. The summed E-state index contributed by atoms with van der Waals surface area (Å²) in [5.41, 5.74) is 5.54. The lowest BCUT2D eigenvalue weighted by atomic mass is 10.00. The molecule has 0 saturated carbocycles. The normalized spacial score (nSPS) is 11.5. The van der Waals surface area contributed by atoms with Crippen LogP contribution in [-0.4, -0.2) is 11.4 Å². The van der Waals surface area contributed by atoms with E-state index in [1.54, 1.807) is 11.3 Å². The molecule has 0 aliphatic rings. The fraction of sp³-hybridized carbons (Fsp3) is 0.545. The van der Waals surface area contributed by atoms with Crippen molar-refractivity contribution in [3.05, 3.63) is 20.8 Å². The monoisotopic (exact) mass is 304 g/mol. The lowest BCUT2D eigenvalue weighted by Gasteiger charge is -2.17. The molecular formula is C11H17BrN2OS. The molecular weight excluding hydrogens is 288 g/mol. The van der Waals surface area contributed by atoms with Crippen molar-refractivity contribution in [3.63, 3.8) is 0 Å². The predicted molar refractivity (Wildman–Crippen MR) is 71.4 cm³/mol. The lowest BCUT2D eigenvalue weighted by molar-refractivity contribution is -0.121. The molecule has 0 bridgehead atoms. The summed E-state index contributed by atoms with van der Waals surface area (Å²) in [4.78, 5) is 12.7. The van der Waals surface area contributed by atoms with Crippen LogP contribution >= 0.6 is 27.3 Å². The van der Waals surface area contributed by atoms with Crippen molar-refractivity contribution >= 4 is 33.2 Å². The van der Waals surface area contributed by atoms with E-state index in [1.807, 2.05) is 25.3 Å². The zero-order valence-electron chi connectivity index (χ0n) is 9.55. The van der Waals surface area contributed by atoms with Gasteiger partial charge in [0.1, 0.15) is 0 Å². The van der Waals surface area contributed by atoms with Crippen molar-refractivity contribution in [2.75, 3.05) is 0 Å². The first kappa shape index (κ1) is 13.7. The molecule has 90 valence electrons. The van der Waals surface area contributed by atoms with Gasteiger partial charge >= 0.3 is 0 Å². The van der Waals surface area contributed by atoms with E-state index in [9.17, 15) is 4.79 Å². The standard InChI is InChI=1S/C11H17BrN2OS/c1-11(2,13)5-3-10(15)14-7-9-8(12)4-6-16-9/h4,6H,3,5,7,13H2,1-2H3,(H,14,15). The molecule has 0 fully saturated rings. The maximum absolute atomic E-state index is 11.5. The Bertz CT molecular complexity index is 357. The number of hydrogen-bond donors (Lipinski definition) is 2. The summed E-state index contributed by atoms with van der Waals surface area (Å²) in [5, 5.41) is 4.88. The molecule has 3 nitrogen and oxygen atoms in total. The van der Waals surface area contributed by atoms with Crippen LogP contribution in [0.4, 0.5) is 0 Å². The first-order chi connectivity index (χ1) is 7.38. The second kappa shape index (κ2) is 5.80. The summed E-state index contributed by atoms with van der Waals surface area (Å²) in [6.07, 6.45) is 1.18. The van der Waals surface area contributed by atoms with E-state index in [1.165, 1.54) is 0 Å². The minimum absolute atomic E-state index is 0.0545. The molecule has 1 heterocycles. The molecule has 3 N–H and O–H groups in total. The Morgan fingerprint density at radius 3 is 2.81 bits per heavy atom. The van der Waals surface area contributed by atoms with Crippen molar-refractivity contribution in [1.29, 1.82) is 0 Å². The maximum Gasteiger partial charge on any atom is 0.220 e. The Balaban J connectivity index is 2.29. The Kier molecular flexibility index (Phi) is 4.95. The molecule has 0 atom stereocenters. The van der Waals surface area contributed by atoms with E-state index >= 15 is 0 Å². The number of nitrogens with one attached hydrogen (secondary N) is 1. The third-order valence-electron chi connectivity index (χ3n) is 2.13. The molecule has 1 amide bonds. The Labute approximate surface area is 109 Å². The van der Waals surface area contributed by atoms with Crippen LogP contribution in [0.3, 0.4) is 0 Å². The van der Waals surface area contributed by atoms with E-state index < -0.39 is 0 Å². The average Bonchev–Trinajstić information content (AvgIpc) is 2.57. The van der Waals surface area contributed by atoms with Crippen molar-refractivity contribution in [2.45, 2.75) is 38.8 Å². The van der Waals surface area contributed by atoms with Gasteiger partial charge in [-0.05, 0) is 47.6 Å². The molecule has 0 unspecified atom stereocenters. The van der Waals surface area contributed by atoms with Gasteiger partial charge in [0.05, 0.1) is 6.54 Å². The topological polar surface area (TPSA) is 55.1 Å². The summed E-state index contributed by atoms with van der Waals surface area (Å²) in [6, 6.07) is 1.98. The van der Waals surface area contributed by atoms with Crippen LogP contribution in [0.15, 0.2) is 15.9 Å². The van der Waals surface area contributed by atoms with Crippen LogP contribution in [0.25, 0.3) is 0 Å².